The fourth-order valence-corrected chi connectivity index (χ4v) is 6.01. The van der Waals surface area contributed by atoms with E-state index in [2.05, 4.69) is 20.9 Å². The molecule has 126 valence electrons. The van der Waals surface area contributed by atoms with E-state index in [0.717, 1.165) is 28.1 Å². The van der Waals surface area contributed by atoms with Gasteiger partial charge in [0.25, 0.3) is 0 Å². The van der Waals surface area contributed by atoms with E-state index in [1.165, 1.54) is 0 Å². The number of aromatic amines is 1. The number of hydrogen-bond donors (Lipinski definition) is 2. The highest BCUT2D eigenvalue weighted by Crippen LogP contribution is 2.45. The highest BCUT2D eigenvalue weighted by atomic mass is 79.9. The second-order valence-corrected chi connectivity index (χ2v) is 9.13. The van der Waals surface area contributed by atoms with Gasteiger partial charge in [0, 0.05) is 15.6 Å². The van der Waals surface area contributed by atoms with Crippen LogP contribution in [0.25, 0.3) is 0 Å². The first-order chi connectivity index (χ1) is 11.5. The number of rotatable bonds is 4. The number of aromatic nitrogens is 1. The van der Waals surface area contributed by atoms with Gasteiger partial charge >= 0.3 is 5.97 Å². The van der Waals surface area contributed by atoms with Crippen LogP contribution in [0.2, 0.25) is 0 Å². The molecule has 0 radical (unpaired) electrons. The van der Waals surface area contributed by atoms with Crippen LogP contribution in [0.4, 0.5) is 0 Å². The molecule has 2 N–H and O–H groups in total. The molecule has 0 bridgehead atoms. The van der Waals surface area contributed by atoms with Crippen LogP contribution in [0, 0.1) is 6.92 Å². The van der Waals surface area contributed by atoms with E-state index in [-0.39, 0.29) is 16.1 Å². The summed E-state index contributed by atoms with van der Waals surface area (Å²) in [6.07, 6.45) is 1.13. The number of benzene rings is 1. The topological polar surface area (TPSA) is 70.2 Å². The number of carboxylic acid groups (broad SMARTS) is 1. The van der Waals surface area contributed by atoms with Crippen LogP contribution in [-0.4, -0.2) is 33.3 Å². The fraction of sp³-hybridized carbons (Fsp3) is 0.294. The Morgan fingerprint density at radius 1 is 1.29 bits per heavy atom. The maximum atomic E-state index is 13.1. The third-order valence-electron chi connectivity index (χ3n) is 3.87. The Morgan fingerprint density at radius 2 is 2.00 bits per heavy atom. The molecule has 0 aliphatic carbocycles. The average Bonchev–Trinajstić information content (AvgIpc) is 2.92. The normalized spacial score (nSPS) is 15.4. The van der Waals surface area contributed by atoms with Crippen molar-refractivity contribution in [2.24, 2.45) is 0 Å². The molecule has 1 aromatic carbocycles. The first-order valence-electron chi connectivity index (χ1n) is 7.48. The number of aromatic carboxylic acids is 1. The lowest BCUT2D eigenvalue weighted by molar-refractivity contribution is 0.0690. The van der Waals surface area contributed by atoms with Gasteiger partial charge in [-0.3, -0.25) is 4.79 Å². The van der Waals surface area contributed by atoms with E-state index in [4.69, 9.17) is 0 Å². The molecule has 24 heavy (non-hydrogen) atoms. The Bertz CT molecular complexity index is 797. The third kappa shape index (κ3) is 3.43. The summed E-state index contributed by atoms with van der Waals surface area (Å²) in [5, 5.41) is 9.43. The number of hydrogen-bond acceptors (Lipinski definition) is 4. The van der Waals surface area contributed by atoms with Crippen LogP contribution in [0.3, 0.4) is 0 Å². The Labute approximate surface area is 156 Å². The van der Waals surface area contributed by atoms with Crippen molar-refractivity contribution >= 4 is 51.2 Å². The van der Waals surface area contributed by atoms with Crippen LogP contribution in [0.5, 0.6) is 0 Å². The number of halogens is 1. The lowest BCUT2D eigenvalue weighted by Gasteiger charge is -2.21. The van der Waals surface area contributed by atoms with Crippen LogP contribution in [0.15, 0.2) is 28.7 Å². The van der Waals surface area contributed by atoms with Crippen LogP contribution >= 0.6 is 39.5 Å². The van der Waals surface area contributed by atoms with Gasteiger partial charge in [0.1, 0.15) is 5.69 Å². The van der Waals surface area contributed by atoms with E-state index < -0.39 is 5.97 Å². The molecule has 0 atom stereocenters. The van der Waals surface area contributed by atoms with Crippen molar-refractivity contribution in [1.82, 2.24) is 4.98 Å². The maximum absolute atomic E-state index is 13.1. The van der Waals surface area contributed by atoms with Gasteiger partial charge in [0.05, 0.1) is 10.3 Å². The molecule has 0 saturated carbocycles. The number of nitrogens with one attached hydrogen (secondary N) is 1. The smallest absolute Gasteiger partial charge is 0.352 e. The molecule has 7 heteroatoms. The molecule has 4 nitrogen and oxygen atoms in total. The fourth-order valence-electron chi connectivity index (χ4n) is 2.73. The minimum atomic E-state index is -1.03. The zero-order valence-corrected chi connectivity index (χ0v) is 16.2. The van der Waals surface area contributed by atoms with Crippen molar-refractivity contribution in [2.45, 2.75) is 17.9 Å². The molecule has 2 heterocycles. The van der Waals surface area contributed by atoms with Crippen molar-refractivity contribution in [3.63, 3.8) is 0 Å². The van der Waals surface area contributed by atoms with E-state index in [1.807, 2.05) is 6.07 Å². The predicted octanol–water partition coefficient (Wildman–Crippen LogP) is 4.88. The van der Waals surface area contributed by atoms with E-state index in [0.29, 0.717) is 16.7 Å². The highest BCUT2D eigenvalue weighted by molar-refractivity contribution is 9.10. The Balaban J connectivity index is 2.10. The van der Waals surface area contributed by atoms with E-state index in [1.54, 1.807) is 48.6 Å². The minimum absolute atomic E-state index is 0.0663. The number of H-pyrrole nitrogens is 1. The first kappa shape index (κ1) is 17.6. The van der Waals surface area contributed by atoms with Crippen LogP contribution in [0.1, 0.15) is 48.7 Å². The molecule has 0 amide bonds. The summed E-state index contributed by atoms with van der Waals surface area (Å²) >= 11 is 6.90. The van der Waals surface area contributed by atoms with Gasteiger partial charge in [0.15, 0.2) is 5.78 Å². The standard InChI is InChI=1S/C17H16BrNO3S2/c1-9-12(15(20)10-4-2-5-11(18)8-10)14(19-13(9)16(21)22)17-23-6-3-7-24-17/h2,4-5,8,17,19H,3,6-7H2,1H3,(H,21,22). The molecule has 3 rings (SSSR count). The van der Waals surface area contributed by atoms with E-state index in [9.17, 15) is 14.7 Å². The van der Waals surface area contributed by atoms with Gasteiger partial charge in [-0.1, -0.05) is 28.1 Å². The molecule has 1 aromatic heterocycles. The van der Waals surface area contributed by atoms with Crippen molar-refractivity contribution < 1.29 is 14.7 Å². The SMILES string of the molecule is Cc1c(C(=O)O)[nH]c(C2SCCCS2)c1C(=O)c1cccc(Br)c1. The van der Waals surface area contributed by atoms with Gasteiger partial charge in [-0.2, -0.15) is 0 Å². The third-order valence-corrected chi connectivity index (χ3v) is 7.30. The lowest BCUT2D eigenvalue weighted by Crippen LogP contribution is -2.09. The van der Waals surface area contributed by atoms with Crippen molar-refractivity contribution in [3.05, 3.63) is 56.8 Å². The van der Waals surface area contributed by atoms with Gasteiger partial charge in [-0.15, -0.1) is 23.5 Å². The van der Waals surface area contributed by atoms with Gasteiger partial charge in [-0.05, 0) is 42.5 Å². The number of ketones is 1. The second kappa shape index (κ2) is 7.37. The van der Waals surface area contributed by atoms with Crippen molar-refractivity contribution in [3.8, 4) is 0 Å². The molecule has 0 unspecified atom stereocenters. The average molecular weight is 426 g/mol. The molecule has 1 fully saturated rings. The Morgan fingerprint density at radius 3 is 2.62 bits per heavy atom. The summed E-state index contributed by atoms with van der Waals surface area (Å²) in [5.74, 6) is 0.859. The summed E-state index contributed by atoms with van der Waals surface area (Å²) in [5.41, 5.74) is 2.39. The first-order valence-corrected chi connectivity index (χ1v) is 10.4. The van der Waals surface area contributed by atoms with Gasteiger partial charge in [-0.25, -0.2) is 4.79 Å². The number of carboxylic acids is 1. The molecular formula is C17H16BrNO3S2. The Hall–Kier alpha value is -1.18. The number of thioether (sulfide) groups is 2. The molecular weight excluding hydrogens is 410 g/mol. The van der Waals surface area contributed by atoms with Gasteiger partial charge in [0.2, 0.25) is 0 Å². The monoisotopic (exact) mass is 425 g/mol. The largest absolute Gasteiger partial charge is 0.477 e. The minimum Gasteiger partial charge on any atom is -0.477 e. The quantitative estimate of drug-likeness (QED) is 0.682. The van der Waals surface area contributed by atoms with Crippen molar-refractivity contribution in [1.29, 1.82) is 0 Å². The predicted molar refractivity (Wildman–Crippen MR) is 102 cm³/mol. The summed E-state index contributed by atoms with van der Waals surface area (Å²) < 4.78 is 0.889. The zero-order valence-electron chi connectivity index (χ0n) is 13.0. The Kier molecular flexibility index (Phi) is 5.42. The van der Waals surface area contributed by atoms with Gasteiger partial charge < -0.3 is 10.1 Å². The highest BCUT2D eigenvalue weighted by Gasteiger charge is 2.30. The van der Waals surface area contributed by atoms with Crippen LogP contribution < -0.4 is 0 Å². The maximum Gasteiger partial charge on any atom is 0.352 e. The molecule has 1 saturated heterocycles. The number of carbonyl (C=O) groups is 2. The molecule has 1 aliphatic rings. The summed E-state index contributed by atoms with van der Waals surface area (Å²) in [7, 11) is 0. The summed E-state index contributed by atoms with van der Waals surface area (Å²) in [6, 6.07) is 7.18. The van der Waals surface area contributed by atoms with Crippen molar-refractivity contribution in [2.75, 3.05) is 11.5 Å². The number of carbonyl (C=O) groups excluding carboxylic acids is 1. The summed E-state index contributed by atoms with van der Waals surface area (Å²) in [4.78, 5) is 27.6. The second-order valence-electron chi connectivity index (χ2n) is 5.49. The zero-order chi connectivity index (χ0) is 17.3. The van der Waals surface area contributed by atoms with Crippen LogP contribution in [-0.2, 0) is 0 Å². The molecule has 2 aromatic rings. The van der Waals surface area contributed by atoms with E-state index >= 15 is 0 Å². The molecule has 1 aliphatic heterocycles. The lowest BCUT2D eigenvalue weighted by atomic mass is 9.99. The summed E-state index contributed by atoms with van der Waals surface area (Å²) in [6.45, 7) is 1.70. The molecule has 0 spiro atoms.